The van der Waals surface area contributed by atoms with E-state index < -0.39 is 5.82 Å². The molecule has 5 nitrogen and oxygen atoms in total. The summed E-state index contributed by atoms with van der Waals surface area (Å²) in [4.78, 5) is 2.19. The van der Waals surface area contributed by atoms with Crippen LogP contribution in [0.25, 0.3) is 0 Å². The molecule has 0 fully saturated rings. The number of nitrogens with two attached hydrogens (primary N) is 1. The van der Waals surface area contributed by atoms with Gasteiger partial charge in [-0.2, -0.15) is 0 Å². The second-order valence-electron chi connectivity index (χ2n) is 4.84. The first-order chi connectivity index (χ1) is 9.69. The van der Waals surface area contributed by atoms with Gasteiger partial charge in [0.2, 0.25) is 0 Å². The molecule has 2 N–H and O–H groups in total. The molecule has 7 heteroatoms. The number of fused-ring (bicyclic) bond motifs is 1. The zero-order valence-corrected chi connectivity index (χ0v) is 11.6. The summed E-state index contributed by atoms with van der Waals surface area (Å²) in [5.74, 6) is 0.493. The van der Waals surface area contributed by atoms with Crippen LogP contribution >= 0.6 is 11.6 Å². The van der Waals surface area contributed by atoms with E-state index in [9.17, 15) is 4.39 Å². The third-order valence-electron chi connectivity index (χ3n) is 3.66. The predicted octanol–water partition coefficient (Wildman–Crippen LogP) is 1.59. The average molecular weight is 296 g/mol. The van der Waals surface area contributed by atoms with Crippen LogP contribution in [-0.2, 0) is 13.1 Å². The van der Waals surface area contributed by atoms with Crippen molar-refractivity contribution >= 4 is 11.6 Å². The van der Waals surface area contributed by atoms with Crippen molar-refractivity contribution in [2.75, 3.05) is 13.1 Å². The van der Waals surface area contributed by atoms with E-state index in [4.69, 9.17) is 17.3 Å². The normalized spacial score (nSPS) is 16.9. The first-order valence-electron chi connectivity index (χ1n) is 6.45. The molecule has 1 aliphatic heterocycles. The topological polar surface area (TPSA) is 60.0 Å². The lowest BCUT2D eigenvalue weighted by Crippen LogP contribution is -2.39. The molecule has 0 spiro atoms. The number of rotatable bonds is 3. The highest BCUT2D eigenvalue weighted by atomic mass is 35.5. The summed E-state index contributed by atoms with van der Waals surface area (Å²) in [6.07, 6.45) is 1.73. The molecule has 1 aromatic heterocycles. The minimum Gasteiger partial charge on any atom is -0.329 e. The van der Waals surface area contributed by atoms with Gasteiger partial charge in [0.05, 0.1) is 11.6 Å². The van der Waals surface area contributed by atoms with Crippen molar-refractivity contribution in [2.45, 2.75) is 19.1 Å². The third kappa shape index (κ3) is 2.42. The van der Waals surface area contributed by atoms with Crippen LogP contribution in [0.4, 0.5) is 4.39 Å². The molecule has 106 valence electrons. The summed E-state index contributed by atoms with van der Waals surface area (Å²) in [5.41, 5.74) is 6.71. The Kier molecular flexibility index (Phi) is 3.69. The monoisotopic (exact) mass is 295 g/mol. The maximum atomic E-state index is 13.6. The quantitative estimate of drug-likeness (QED) is 0.934. The Morgan fingerprint density at radius 1 is 1.40 bits per heavy atom. The molecule has 2 aromatic rings. The molecule has 0 saturated carbocycles. The highest BCUT2D eigenvalue weighted by Gasteiger charge is 2.25. The van der Waals surface area contributed by atoms with Crippen molar-refractivity contribution in [1.29, 1.82) is 0 Å². The highest BCUT2D eigenvalue weighted by molar-refractivity contribution is 6.30. The fourth-order valence-corrected chi connectivity index (χ4v) is 2.68. The first-order valence-corrected chi connectivity index (χ1v) is 6.82. The van der Waals surface area contributed by atoms with Gasteiger partial charge in [-0.3, -0.25) is 4.90 Å². The maximum Gasteiger partial charge on any atom is 0.147 e. The molecule has 0 saturated heterocycles. The lowest BCUT2D eigenvalue weighted by Gasteiger charge is -2.34. The van der Waals surface area contributed by atoms with E-state index in [1.807, 2.05) is 10.6 Å². The van der Waals surface area contributed by atoms with Crippen LogP contribution in [0.3, 0.4) is 0 Å². The molecule has 2 heterocycles. The van der Waals surface area contributed by atoms with E-state index in [-0.39, 0.29) is 11.1 Å². The molecule has 0 radical (unpaired) electrons. The molecule has 3 rings (SSSR count). The second-order valence-corrected chi connectivity index (χ2v) is 5.24. The molecule has 1 atom stereocenters. The van der Waals surface area contributed by atoms with E-state index >= 15 is 0 Å². The van der Waals surface area contributed by atoms with Crippen LogP contribution in [0.15, 0.2) is 24.5 Å². The predicted molar refractivity (Wildman–Crippen MR) is 73.6 cm³/mol. The lowest BCUT2D eigenvalue weighted by atomic mass is 10.0. The number of hydrogen-bond acceptors (Lipinski definition) is 4. The Balaban J connectivity index is 1.85. The van der Waals surface area contributed by atoms with Crippen LogP contribution in [0.5, 0.6) is 0 Å². The van der Waals surface area contributed by atoms with Crippen molar-refractivity contribution in [3.05, 3.63) is 46.8 Å². The van der Waals surface area contributed by atoms with Gasteiger partial charge in [0, 0.05) is 25.7 Å². The Morgan fingerprint density at radius 2 is 2.25 bits per heavy atom. The van der Waals surface area contributed by atoms with Gasteiger partial charge in [-0.15, -0.1) is 10.2 Å². The van der Waals surface area contributed by atoms with E-state index in [0.29, 0.717) is 13.1 Å². The van der Waals surface area contributed by atoms with Gasteiger partial charge in [-0.25, -0.2) is 4.39 Å². The van der Waals surface area contributed by atoms with Crippen molar-refractivity contribution in [1.82, 2.24) is 19.7 Å². The average Bonchev–Trinajstić information content (AvgIpc) is 2.91. The summed E-state index contributed by atoms with van der Waals surface area (Å²) < 4.78 is 15.6. The number of nitrogens with zero attached hydrogens (tertiary/aromatic N) is 4. The summed E-state index contributed by atoms with van der Waals surface area (Å²) in [6, 6.07) is 4.80. The molecule has 20 heavy (non-hydrogen) atoms. The van der Waals surface area contributed by atoms with Crippen molar-refractivity contribution in [3.8, 4) is 0 Å². The molecule has 1 aliphatic rings. The van der Waals surface area contributed by atoms with E-state index in [1.54, 1.807) is 12.4 Å². The van der Waals surface area contributed by atoms with E-state index in [0.717, 1.165) is 24.5 Å². The molecular formula is C13H15ClFN5. The highest BCUT2D eigenvalue weighted by Crippen LogP contribution is 2.26. The SMILES string of the molecule is NCC(c1ccc(Cl)c(F)c1)N1CCn2cnnc2C1. The summed E-state index contributed by atoms with van der Waals surface area (Å²) in [6.45, 7) is 2.72. The van der Waals surface area contributed by atoms with Gasteiger partial charge < -0.3 is 10.3 Å². The van der Waals surface area contributed by atoms with Crippen LogP contribution in [-0.4, -0.2) is 32.8 Å². The van der Waals surface area contributed by atoms with Crippen LogP contribution in [0.2, 0.25) is 5.02 Å². The fourth-order valence-electron chi connectivity index (χ4n) is 2.57. The number of halogens is 2. The first kappa shape index (κ1) is 13.5. The zero-order valence-electron chi connectivity index (χ0n) is 10.8. The van der Waals surface area contributed by atoms with Crippen molar-refractivity contribution in [2.24, 2.45) is 5.73 Å². The van der Waals surface area contributed by atoms with Crippen LogP contribution in [0.1, 0.15) is 17.4 Å². The third-order valence-corrected chi connectivity index (χ3v) is 3.97. The molecule has 0 aliphatic carbocycles. The zero-order chi connectivity index (χ0) is 14.1. The van der Waals surface area contributed by atoms with E-state index in [1.165, 1.54) is 6.07 Å². The standard InChI is InChI=1S/C13H15ClFN5/c14-10-2-1-9(5-11(10)15)12(6-16)19-3-4-20-8-17-18-13(20)7-19/h1-2,5,8,12H,3-4,6-7,16H2. The largest absolute Gasteiger partial charge is 0.329 e. The van der Waals surface area contributed by atoms with Crippen molar-refractivity contribution in [3.63, 3.8) is 0 Å². The minimum absolute atomic E-state index is 0.0489. The van der Waals surface area contributed by atoms with Gasteiger partial charge in [0.15, 0.2) is 0 Å². The smallest absolute Gasteiger partial charge is 0.147 e. The van der Waals surface area contributed by atoms with E-state index in [2.05, 4.69) is 15.1 Å². The molecule has 1 unspecified atom stereocenters. The minimum atomic E-state index is -0.414. The number of benzene rings is 1. The Morgan fingerprint density at radius 3 is 3.00 bits per heavy atom. The Labute approximate surface area is 121 Å². The number of aromatic nitrogens is 3. The van der Waals surface area contributed by atoms with Gasteiger partial charge in [-0.05, 0) is 17.7 Å². The van der Waals surface area contributed by atoms with Crippen LogP contribution < -0.4 is 5.73 Å². The van der Waals surface area contributed by atoms with Gasteiger partial charge in [-0.1, -0.05) is 17.7 Å². The Hall–Kier alpha value is -1.50. The number of hydrogen-bond donors (Lipinski definition) is 1. The summed E-state index contributed by atoms with van der Waals surface area (Å²) >= 11 is 5.73. The maximum absolute atomic E-state index is 13.6. The van der Waals surface area contributed by atoms with Crippen molar-refractivity contribution < 1.29 is 4.39 Å². The second kappa shape index (κ2) is 5.47. The van der Waals surface area contributed by atoms with Gasteiger partial charge >= 0.3 is 0 Å². The molecule has 0 bridgehead atoms. The lowest BCUT2D eigenvalue weighted by molar-refractivity contribution is 0.156. The molecule has 1 aromatic carbocycles. The Bertz CT molecular complexity index is 615. The van der Waals surface area contributed by atoms with Gasteiger partial charge in [0.25, 0.3) is 0 Å². The molecular weight excluding hydrogens is 281 g/mol. The van der Waals surface area contributed by atoms with Crippen LogP contribution in [0, 0.1) is 5.82 Å². The summed E-state index contributed by atoms with van der Waals surface area (Å²) in [5, 5.41) is 8.11. The summed E-state index contributed by atoms with van der Waals surface area (Å²) in [7, 11) is 0. The fraction of sp³-hybridized carbons (Fsp3) is 0.385. The van der Waals surface area contributed by atoms with Gasteiger partial charge in [0.1, 0.15) is 18.0 Å². The molecule has 0 amide bonds.